The maximum atomic E-state index is 12.6. The van der Waals surface area contributed by atoms with E-state index in [1.807, 2.05) is 18.2 Å². The molecular weight excluding hydrogens is 278 g/mol. The Morgan fingerprint density at radius 1 is 1.35 bits per heavy atom. The predicted octanol–water partition coefficient (Wildman–Crippen LogP) is 3.38. The molecule has 5 heteroatoms. The summed E-state index contributed by atoms with van der Waals surface area (Å²) in [5.41, 5.74) is -0.330. The molecule has 0 N–H and O–H groups in total. The largest absolute Gasteiger partial charge is 0.453 e. The minimum absolute atomic E-state index is 0.0183. The number of methoxy groups -OCH3 is 1. The molecule has 0 saturated heterocycles. The molecule has 1 aromatic rings. The van der Waals surface area contributed by atoms with Gasteiger partial charge in [-0.3, -0.25) is 9.69 Å². The number of Topliss-reactive ketones (excluding diaryl/α,β-unsaturated/α-hetero) is 1. The monoisotopic (exact) mass is 295 g/mol. The maximum absolute atomic E-state index is 12.6. The van der Waals surface area contributed by atoms with Crippen molar-refractivity contribution < 1.29 is 14.3 Å². The van der Waals surface area contributed by atoms with Crippen molar-refractivity contribution in [1.29, 1.82) is 0 Å². The number of carbonyl (C=O) groups excluding carboxylic acids is 2. The van der Waals surface area contributed by atoms with Crippen LogP contribution in [0.25, 0.3) is 0 Å². The van der Waals surface area contributed by atoms with E-state index in [1.165, 1.54) is 12.0 Å². The van der Waals surface area contributed by atoms with Crippen molar-refractivity contribution in [2.75, 3.05) is 14.2 Å². The molecule has 1 atom stereocenters. The number of ether oxygens (including phenoxy) is 1. The quantitative estimate of drug-likeness (QED) is 0.840. The van der Waals surface area contributed by atoms with E-state index in [-0.39, 0.29) is 5.78 Å². The van der Waals surface area contributed by atoms with Gasteiger partial charge < -0.3 is 4.74 Å². The fraction of sp³-hybridized carbons (Fsp3) is 0.467. The molecule has 1 aliphatic carbocycles. The summed E-state index contributed by atoms with van der Waals surface area (Å²) in [4.78, 5) is 26.0. The van der Waals surface area contributed by atoms with Crippen LogP contribution < -0.4 is 0 Å². The zero-order valence-electron chi connectivity index (χ0n) is 11.7. The zero-order chi connectivity index (χ0) is 14.8. The van der Waals surface area contributed by atoms with Gasteiger partial charge in [-0.05, 0) is 25.3 Å². The van der Waals surface area contributed by atoms with E-state index in [4.69, 9.17) is 16.3 Å². The summed E-state index contributed by atoms with van der Waals surface area (Å²) in [6, 6.07) is 7.19. The standard InChI is InChI=1S/C15H18ClNO3/c1-17(14(19)20-2)15(10-6-5-9-13(15)18)11-7-3-4-8-12(11)16/h3-4,7-8H,5-6,9-10H2,1-2H3/t15-/m0/s1. The van der Waals surface area contributed by atoms with Crippen molar-refractivity contribution >= 4 is 23.5 Å². The number of amides is 1. The van der Waals surface area contributed by atoms with Gasteiger partial charge in [0.15, 0.2) is 5.78 Å². The molecule has 1 aromatic carbocycles. The number of benzene rings is 1. The van der Waals surface area contributed by atoms with Crippen LogP contribution in [-0.2, 0) is 15.1 Å². The Labute approximate surface area is 123 Å². The van der Waals surface area contributed by atoms with Gasteiger partial charge in [0.25, 0.3) is 0 Å². The minimum Gasteiger partial charge on any atom is -0.453 e. The summed E-state index contributed by atoms with van der Waals surface area (Å²) >= 11 is 6.27. The molecule has 0 heterocycles. The van der Waals surface area contributed by atoms with E-state index >= 15 is 0 Å². The normalized spacial score (nSPS) is 22.4. The van der Waals surface area contributed by atoms with Gasteiger partial charge in [0.05, 0.1) is 7.11 Å². The van der Waals surface area contributed by atoms with Crippen LogP contribution >= 0.6 is 11.6 Å². The third-order valence-electron chi connectivity index (χ3n) is 3.99. The third kappa shape index (κ3) is 2.29. The molecule has 0 aromatic heterocycles. The second kappa shape index (κ2) is 5.83. The smallest absolute Gasteiger partial charge is 0.410 e. The molecule has 0 bridgehead atoms. The Hall–Kier alpha value is -1.55. The number of hydrogen-bond acceptors (Lipinski definition) is 3. The topological polar surface area (TPSA) is 46.6 Å². The average molecular weight is 296 g/mol. The van der Waals surface area contributed by atoms with Crippen LogP contribution in [0, 0.1) is 0 Å². The summed E-state index contributed by atoms with van der Waals surface area (Å²) in [7, 11) is 2.91. The van der Waals surface area contributed by atoms with Crippen LogP contribution in [0.3, 0.4) is 0 Å². The number of hydrogen-bond donors (Lipinski definition) is 0. The van der Waals surface area contributed by atoms with Gasteiger partial charge in [0.2, 0.25) is 0 Å². The van der Waals surface area contributed by atoms with Crippen molar-refractivity contribution in [3.05, 3.63) is 34.9 Å². The van der Waals surface area contributed by atoms with Crippen molar-refractivity contribution in [2.24, 2.45) is 0 Å². The first-order valence-electron chi connectivity index (χ1n) is 6.64. The molecule has 1 saturated carbocycles. The third-order valence-corrected chi connectivity index (χ3v) is 4.32. The van der Waals surface area contributed by atoms with Crippen molar-refractivity contribution in [3.63, 3.8) is 0 Å². The Bertz CT molecular complexity index is 532. The zero-order valence-corrected chi connectivity index (χ0v) is 12.4. The molecule has 1 aliphatic rings. The van der Waals surface area contributed by atoms with E-state index in [0.717, 1.165) is 12.8 Å². The average Bonchev–Trinajstić information content (AvgIpc) is 2.47. The molecule has 108 valence electrons. The number of halogens is 1. The van der Waals surface area contributed by atoms with Crippen LogP contribution in [0.1, 0.15) is 31.2 Å². The van der Waals surface area contributed by atoms with Gasteiger partial charge in [-0.15, -0.1) is 0 Å². The van der Waals surface area contributed by atoms with Crippen LogP contribution in [-0.4, -0.2) is 30.9 Å². The summed E-state index contributed by atoms with van der Waals surface area (Å²) in [6.07, 6.45) is 2.21. The fourth-order valence-electron chi connectivity index (χ4n) is 2.92. The van der Waals surface area contributed by atoms with E-state index in [0.29, 0.717) is 23.4 Å². The van der Waals surface area contributed by atoms with Crippen LogP contribution in [0.4, 0.5) is 4.79 Å². The summed E-state index contributed by atoms with van der Waals surface area (Å²) in [5.74, 6) is 0.0183. The van der Waals surface area contributed by atoms with Crippen LogP contribution in [0.5, 0.6) is 0 Å². The highest BCUT2D eigenvalue weighted by Crippen LogP contribution is 2.42. The molecule has 20 heavy (non-hydrogen) atoms. The highest BCUT2D eigenvalue weighted by atomic mass is 35.5. The molecule has 0 aliphatic heterocycles. The number of nitrogens with zero attached hydrogens (tertiary/aromatic N) is 1. The lowest BCUT2D eigenvalue weighted by molar-refractivity contribution is -0.133. The Kier molecular flexibility index (Phi) is 4.33. The lowest BCUT2D eigenvalue weighted by Crippen LogP contribution is -2.54. The molecule has 0 unspecified atom stereocenters. The van der Waals surface area contributed by atoms with Gasteiger partial charge >= 0.3 is 6.09 Å². The first-order chi connectivity index (χ1) is 9.54. The Morgan fingerprint density at radius 2 is 2.05 bits per heavy atom. The number of carbonyl (C=O) groups is 2. The summed E-state index contributed by atoms with van der Waals surface area (Å²) < 4.78 is 4.79. The Balaban J connectivity index is 2.58. The van der Waals surface area contributed by atoms with Gasteiger partial charge in [-0.1, -0.05) is 29.8 Å². The highest BCUT2D eigenvalue weighted by molar-refractivity contribution is 6.31. The molecule has 1 amide bonds. The second-order valence-corrected chi connectivity index (χ2v) is 5.41. The molecule has 1 fully saturated rings. The molecule has 0 spiro atoms. The molecule has 0 radical (unpaired) electrons. The SMILES string of the molecule is COC(=O)N(C)[C@]1(c2ccccc2Cl)CCCCC1=O. The summed E-state index contributed by atoms with van der Waals surface area (Å²) in [6.45, 7) is 0. The van der Waals surface area contributed by atoms with E-state index in [1.54, 1.807) is 13.1 Å². The maximum Gasteiger partial charge on any atom is 0.410 e. The lowest BCUT2D eigenvalue weighted by Gasteiger charge is -2.43. The molecule has 4 nitrogen and oxygen atoms in total. The van der Waals surface area contributed by atoms with Crippen molar-refractivity contribution in [3.8, 4) is 0 Å². The molecular formula is C15H18ClNO3. The van der Waals surface area contributed by atoms with E-state index in [9.17, 15) is 9.59 Å². The lowest BCUT2D eigenvalue weighted by atomic mass is 9.74. The van der Waals surface area contributed by atoms with Gasteiger partial charge in [0, 0.05) is 24.1 Å². The number of ketones is 1. The van der Waals surface area contributed by atoms with Crippen LogP contribution in [0.15, 0.2) is 24.3 Å². The summed E-state index contributed by atoms with van der Waals surface area (Å²) in [5, 5.41) is 0.499. The van der Waals surface area contributed by atoms with E-state index in [2.05, 4.69) is 0 Å². The minimum atomic E-state index is -1.01. The number of likely N-dealkylation sites (N-methyl/N-ethyl adjacent to an activating group) is 1. The van der Waals surface area contributed by atoms with Gasteiger partial charge in [0.1, 0.15) is 5.54 Å². The predicted molar refractivity (Wildman–Crippen MR) is 76.8 cm³/mol. The Morgan fingerprint density at radius 3 is 2.65 bits per heavy atom. The molecule has 2 rings (SSSR count). The fourth-order valence-corrected chi connectivity index (χ4v) is 3.21. The highest BCUT2D eigenvalue weighted by Gasteiger charge is 2.48. The first-order valence-corrected chi connectivity index (χ1v) is 7.02. The van der Waals surface area contributed by atoms with Crippen molar-refractivity contribution in [1.82, 2.24) is 4.90 Å². The van der Waals surface area contributed by atoms with Crippen molar-refractivity contribution in [2.45, 2.75) is 31.2 Å². The van der Waals surface area contributed by atoms with Crippen LogP contribution in [0.2, 0.25) is 5.02 Å². The van der Waals surface area contributed by atoms with E-state index < -0.39 is 11.6 Å². The first kappa shape index (κ1) is 14.9. The van der Waals surface area contributed by atoms with Gasteiger partial charge in [-0.25, -0.2) is 4.79 Å². The second-order valence-electron chi connectivity index (χ2n) is 5.00. The van der Waals surface area contributed by atoms with Gasteiger partial charge in [-0.2, -0.15) is 0 Å². The number of rotatable bonds is 2.